The van der Waals surface area contributed by atoms with E-state index in [0.29, 0.717) is 13.0 Å². The molecule has 0 heterocycles. The van der Waals surface area contributed by atoms with Crippen LogP contribution < -0.4 is 11.1 Å². The fourth-order valence-corrected chi connectivity index (χ4v) is 0.637. The van der Waals surface area contributed by atoms with Crippen molar-refractivity contribution < 1.29 is 15.0 Å². The Morgan fingerprint density at radius 1 is 1.58 bits per heavy atom. The van der Waals surface area contributed by atoms with Crippen molar-refractivity contribution in [2.45, 2.75) is 25.5 Å². The molecule has 0 spiro atoms. The Bertz CT molecular complexity index is 141. The SMILES string of the molecule is CCC(O)CNCC(N)C(=O)O. The van der Waals surface area contributed by atoms with E-state index < -0.39 is 18.1 Å². The summed E-state index contributed by atoms with van der Waals surface area (Å²) in [6, 6.07) is -0.894. The normalized spacial score (nSPS) is 15.6. The van der Waals surface area contributed by atoms with E-state index in [4.69, 9.17) is 15.9 Å². The van der Waals surface area contributed by atoms with Crippen LogP contribution in [0.15, 0.2) is 0 Å². The number of aliphatic hydroxyl groups is 1. The lowest BCUT2D eigenvalue weighted by molar-refractivity contribution is -0.138. The van der Waals surface area contributed by atoms with Crippen molar-refractivity contribution in [3.8, 4) is 0 Å². The first-order valence-corrected chi connectivity index (χ1v) is 3.95. The number of aliphatic carboxylic acids is 1. The van der Waals surface area contributed by atoms with Gasteiger partial charge in [-0.15, -0.1) is 0 Å². The Balaban J connectivity index is 3.37. The molecule has 0 saturated carbocycles. The van der Waals surface area contributed by atoms with Crippen LogP contribution in [0.2, 0.25) is 0 Å². The number of nitrogens with one attached hydrogen (secondary N) is 1. The summed E-state index contributed by atoms with van der Waals surface area (Å²) in [5.74, 6) is -1.03. The molecule has 0 rings (SSSR count). The second-order valence-corrected chi connectivity index (χ2v) is 2.67. The third-order valence-corrected chi connectivity index (χ3v) is 1.53. The van der Waals surface area contributed by atoms with Crippen LogP contribution in [0.1, 0.15) is 13.3 Å². The fourth-order valence-electron chi connectivity index (χ4n) is 0.637. The number of hydrogen-bond donors (Lipinski definition) is 4. The molecule has 0 aromatic carbocycles. The molecule has 5 nitrogen and oxygen atoms in total. The minimum atomic E-state index is -1.03. The standard InChI is InChI=1S/C7H16N2O3/c1-2-5(10)3-9-4-6(8)7(11)12/h5-6,9-10H,2-4,8H2,1H3,(H,11,12). The van der Waals surface area contributed by atoms with Crippen LogP contribution in [0, 0.1) is 0 Å². The first kappa shape index (κ1) is 11.4. The molecule has 5 N–H and O–H groups in total. The van der Waals surface area contributed by atoms with Crippen molar-refractivity contribution in [1.29, 1.82) is 0 Å². The van der Waals surface area contributed by atoms with Crippen molar-refractivity contribution in [2.75, 3.05) is 13.1 Å². The van der Waals surface area contributed by atoms with E-state index in [1.165, 1.54) is 0 Å². The summed E-state index contributed by atoms with van der Waals surface area (Å²) in [7, 11) is 0. The molecule has 0 bridgehead atoms. The molecule has 0 aromatic heterocycles. The highest BCUT2D eigenvalue weighted by atomic mass is 16.4. The molecule has 2 unspecified atom stereocenters. The zero-order chi connectivity index (χ0) is 9.56. The number of carboxylic acid groups (broad SMARTS) is 1. The van der Waals surface area contributed by atoms with Crippen LogP contribution in [0.5, 0.6) is 0 Å². The first-order chi connectivity index (χ1) is 5.57. The van der Waals surface area contributed by atoms with E-state index in [0.717, 1.165) is 0 Å². The quantitative estimate of drug-likeness (QED) is 0.406. The van der Waals surface area contributed by atoms with Gasteiger partial charge in [-0.2, -0.15) is 0 Å². The number of carboxylic acids is 1. The molecular formula is C7H16N2O3. The summed E-state index contributed by atoms with van der Waals surface area (Å²) < 4.78 is 0. The molecule has 0 aliphatic carbocycles. The maximum absolute atomic E-state index is 10.2. The van der Waals surface area contributed by atoms with Gasteiger partial charge >= 0.3 is 5.97 Å². The summed E-state index contributed by atoms with van der Waals surface area (Å²) in [4.78, 5) is 10.2. The van der Waals surface area contributed by atoms with Gasteiger partial charge in [-0.05, 0) is 6.42 Å². The third-order valence-electron chi connectivity index (χ3n) is 1.53. The van der Waals surface area contributed by atoms with Crippen LogP contribution >= 0.6 is 0 Å². The van der Waals surface area contributed by atoms with Crippen molar-refractivity contribution in [1.82, 2.24) is 5.32 Å². The van der Waals surface area contributed by atoms with E-state index in [9.17, 15) is 4.79 Å². The maximum atomic E-state index is 10.2. The van der Waals surface area contributed by atoms with E-state index in [-0.39, 0.29) is 6.54 Å². The van der Waals surface area contributed by atoms with E-state index in [1.54, 1.807) is 0 Å². The molecule has 0 radical (unpaired) electrons. The largest absolute Gasteiger partial charge is 0.480 e. The molecule has 0 aliphatic heterocycles. The Morgan fingerprint density at radius 2 is 2.17 bits per heavy atom. The average molecular weight is 176 g/mol. The lowest BCUT2D eigenvalue weighted by Gasteiger charge is -2.11. The minimum absolute atomic E-state index is 0.187. The van der Waals surface area contributed by atoms with Gasteiger partial charge in [0.15, 0.2) is 0 Å². The Hall–Kier alpha value is -0.650. The highest BCUT2D eigenvalue weighted by Gasteiger charge is 2.10. The van der Waals surface area contributed by atoms with Gasteiger partial charge < -0.3 is 21.3 Å². The zero-order valence-corrected chi connectivity index (χ0v) is 7.16. The number of nitrogens with two attached hydrogens (primary N) is 1. The van der Waals surface area contributed by atoms with Crippen LogP contribution in [-0.2, 0) is 4.79 Å². The number of rotatable bonds is 6. The van der Waals surface area contributed by atoms with Gasteiger partial charge in [0.2, 0.25) is 0 Å². The van der Waals surface area contributed by atoms with Crippen LogP contribution in [0.3, 0.4) is 0 Å². The van der Waals surface area contributed by atoms with E-state index >= 15 is 0 Å². The van der Waals surface area contributed by atoms with Gasteiger partial charge in [-0.25, -0.2) is 0 Å². The summed E-state index contributed by atoms with van der Waals surface area (Å²) in [6.07, 6.45) is 0.223. The minimum Gasteiger partial charge on any atom is -0.480 e. The molecule has 0 saturated heterocycles. The van der Waals surface area contributed by atoms with Crippen LogP contribution in [-0.4, -0.2) is 41.4 Å². The van der Waals surface area contributed by atoms with Gasteiger partial charge in [0, 0.05) is 13.1 Å². The summed E-state index contributed by atoms with van der Waals surface area (Å²) in [6.45, 7) is 2.42. The second kappa shape index (κ2) is 5.93. The summed E-state index contributed by atoms with van der Waals surface area (Å²) in [5.41, 5.74) is 5.20. The van der Waals surface area contributed by atoms with Gasteiger partial charge in [-0.1, -0.05) is 6.92 Å². The van der Waals surface area contributed by atoms with Crippen molar-refractivity contribution in [3.05, 3.63) is 0 Å². The Labute approximate surface area is 71.6 Å². The topological polar surface area (TPSA) is 95.6 Å². The fraction of sp³-hybridized carbons (Fsp3) is 0.857. The van der Waals surface area contributed by atoms with Crippen LogP contribution in [0.4, 0.5) is 0 Å². The lowest BCUT2D eigenvalue weighted by atomic mass is 10.2. The smallest absolute Gasteiger partial charge is 0.321 e. The molecule has 72 valence electrons. The summed E-state index contributed by atoms with van der Waals surface area (Å²) in [5, 5.41) is 20.2. The average Bonchev–Trinajstić information content (AvgIpc) is 2.03. The Morgan fingerprint density at radius 3 is 2.58 bits per heavy atom. The number of aliphatic hydroxyl groups excluding tert-OH is 1. The van der Waals surface area contributed by atoms with Gasteiger partial charge in [0.25, 0.3) is 0 Å². The highest BCUT2D eigenvalue weighted by Crippen LogP contribution is 1.86. The number of carbonyl (C=O) groups is 1. The van der Waals surface area contributed by atoms with Gasteiger partial charge in [0.05, 0.1) is 6.10 Å². The van der Waals surface area contributed by atoms with Gasteiger partial charge in [-0.3, -0.25) is 4.79 Å². The molecule has 0 aliphatic rings. The highest BCUT2D eigenvalue weighted by molar-refractivity contribution is 5.73. The third kappa shape index (κ3) is 5.06. The molecule has 0 aromatic rings. The predicted octanol–water partition coefficient (Wildman–Crippen LogP) is -1.24. The monoisotopic (exact) mass is 176 g/mol. The maximum Gasteiger partial charge on any atom is 0.321 e. The van der Waals surface area contributed by atoms with E-state index in [1.807, 2.05) is 6.92 Å². The summed E-state index contributed by atoms with van der Waals surface area (Å²) >= 11 is 0. The molecule has 0 fully saturated rings. The molecule has 12 heavy (non-hydrogen) atoms. The molecule has 2 atom stereocenters. The van der Waals surface area contributed by atoms with E-state index in [2.05, 4.69) is 5.32 Å². The molecule has 0 amide bonds. The second-order valence-electron chi connectivity index (χ2n) is 2.67. The number of hydrogen-bond acceptors (Lipinski definition) is 4. The Kier molecular flexibility index (Phi) is 5.61. The van der Waals surface area contributed by atoms with Gasteiger partial charge in [0.1, 0.15) is 6.04 Å². The van der Waals surface area contributed by atoms with Crippen molar-refractivity contribution >= 4 is 5.97 Å². The van der Waals surface area contributed by atoms with Crippen LogP contribution in [0.25, 0.3) is 0 Å². The molecule has 5 heteroatoms. The van der Waals surface area contributed by atoms with Crippen molar-refractivity contribution in [2.24, 2.45) is 5.73 Å². The predicted molar refractivity (Wildman–Crippen MR) is 44.8 cm³/mol. The molecular weight excluding hydrogens is 160 g/mol. The first-order valence-electron chi connectivity index (χ1n) is 3.95. The lowest BCUT2D eigenvalue weighted by Crippen LogP contribution is -2.42. The van der Waals surface area contributed by atoms with Crippen molar-refractivity contribution in [3.63, 3.8) is 0 Å². The zero-order valence-electron chi connectivity index (χ0n) is 7.16.